The number of fused-ring (bicyclic) bond motifs is 4. The van der Waals surface area contributed by atoms with Crippen molar-refractivity contribution in [3.8, 4) is 11.5 Å². The minimum absolute atomic E-state index is 0.0251. The van der Waals surface area contributed by atoms with Crippen LogP contribution in [0.1, 0.15) is 28.7 Å². The van der Waals surface area contributed by atoms with E-state index in [9.17, 15) is 9.59 Å². The molecular formula is C28H24N4O4S. The summed E-state index contributed by atoms with van der Waals surface area (Å²) in [5, 5.41) is 3.58. The fourth-order valence-corrected chi connectivity index (χ4v) is 5.44. The van der Waals surface area contributed by atoms with Crippen molar-refractivity contribution in [3.63, 3.8) is 0 Å². The molecule has 0 saturated heterocycles. The van der Waals surface area contributed by atoms with Gasteiger partial charge < -0.3 is 14.8 Å². The Kier molecular flexibility index (Phi) is 6.13. The van der Waals surface area contributed by atoms with Crippen molar-refractivity contribution in [2.75, 3.05) is 6.79 Å². The Hall–Kier alpha value is -4.11. The second-order valence-electron chi connectivity index (χ2n) is 9.01. The Balaban J connectivity index is 1.19. The lowest BCUT2D eigenvalue weighted by atomic mass is 10.1. The first-order chi connectivity index (χ1) is 18.0. The van der Waals surface area contributed by atoms with Gasteiger partial charge in [0.05, 0.1) is 12.1 Å². The number of amidine groups is 2. The second-order valence-corrected chi connectivity index (χ2v) is 9.96. The summed E-state index contributed by atoms with van der Waals surface area (Å²) in [4.78, 5) is 37.0. The monoisotopic (exact) mass is 512 g/mol. The number of rotatable bonds is 6. The third kappa shape index (κ3) is 4.70. The third-order valence-electron chi connectivity index (χ3n) is 6.40. The van der Waals surface area contributed by atoms with Crippen LogP contribution in [0.25, 0.3) is 0 Å². The molecule has 3 heterocycles. The number of carbonyl (C=O) groups excluding carboxylic acids is 2. The van der Waals surface area contributed by atoms with Crippen LogP contribution in [0.4, 0.5) is 5.69 Å². The number of nitrogens with zero attached hydrogens (tertiary/aromatic N) is 3. The summed E-state index contributed by atoms with van der Waals surface area (Å²) in [5.41, 5.74) is 4.79. The Morgan fingerprint density at radius 1 is 1.03 bits per heavy atom. The fourth-order valence-electron chi connectivity index (χ4n) is 4.43. The van der Waals surface area contributed by atoms with Gasteiger partial charge in [0.15, 0.2) is 16.7 Å². The lowest BCUT2D eigenvalue weighted by Gasteiger charge is -2.30. The lowest BCUT2D eigenvalue weighted by molar-refractivity contribution is -0.126. The molecule has 3 aliphatic heterocycles. The predicted molar refractivity (Wildman–Crippen MR) is 142 cm³/mol. The van der Waals surface area contributed by atoms with E-state index in [1.54, 1.807) is 0 Å². The van der Waals surface area contributed by atoms with Crippen molar-refractivity contribution in [3.05, 3.63) is 89.0 Å². The third-order valence-corrected chi connectivity index (χ3v) is 7.43. The fraction of sp³-hybridized carbons (Fsp3) is 0.214. The number of amides is 2. The van der Waals surface area contributed by atoms with Gasteiger partial charge in [0.25, 0.3) is 5.91 Å². The van der Waals surface area contributed by atoms with Crippen LogP contribution in [0.15, 0.2) is 76.7 Å². The van der Waals surface area contributed by atoms with Gasteiger partial charge in [-0.3, -0.25) is 14.5 Å². The van der Waals surface area contributed by atoms with Crippen molar-refractivity contribution >= 4 is 40.3 Å². The molecule has 1 N–H and O–H groups in total. The summed E-state index contributed by atoms with van der Waals surface area (Å²) in [6.45, 7) is 2.57. The summed E-state index contributed by atoms with van der Waals surface area (Å²) < 4.78 is 10.8. The van der Waals surface area contributed by atoms with Crippen molar-refractivity contribution in [2.45, 2.75) is 31.7 Å². The molecule has 3 aromatic carbocycles. The normalized spacial score (nSPS) is 17.2. The SMILES string of the molecule is Cc1ccc(CSC2=Nc3ccccc3C3=NC(=O)C(CC(=O)NCc4ccc5c(c4)OCO5)N23)cc1. The van der Waals surface area contributed by atoms with E-state index in [0.29, 0.717) is 34.8 Å². The van der Waals surface area contributed by atoms with Gasteiger partial charge in [0.2, 0.25) is 12.7 Å². The molecule has 3 aromatic rings. The molecule has 37 heavy (non-hydrogen) atoms. The molecule has 8 nitrogen and oxygen atoms in total. The van der Waals surface area contributed by atoms with Gasteiger partial charge in [0, 0.05) is 17.9 Å². The molecule has 0 aromatic heterocycles. The van der Waals surface area contributed by atoms with Gasteiger partial charge in [0.1, 0.15) is 11.9 Å². The van der Waals surface area contributed by atoms with Crippen molar-refractivity contribution < 1.29 is 19.1 Å². The van der Waals surface area contributed by atoms with E-state index in [1.807, 2.05) is 47.4 Å². The van der Waals surface area contributed by atoms with Crippen LogP contribution in [0.5, 0.6) is 11.5 Å². The van der Waals surface area contributed by atoms with Crippen LogP contribution in [-0.2, 0) is 21.9 Å². The molecular weight excluding hydrogens is 488 g/mol. The van der Waals surface area contributed by atoms with E-state index < -0.39 is 6.04 Å². The molecule has 0 radical (unpaired) electrons. The average molecular weight is 513 g/mol. The number of carbonyl (C=O) groups is 2. The summed E-state index contributed by atoms with van der Waals surface area (Å²) in [6.07, 6.45) is -0.0251. The maximum absolute atomic E-state index is 13.0. The summed E-state index contributed by atoms with van der Waals surface area (Å²) >= 11 is 1.54. The van der Waals surface area contributed by atoms with Crippen molar-refractivity contribution in [1.82, 2.24) is 10.2 Å². The van der Waals surface area contributed by atoms with Crippen LogP contribution in [0.3, 0.4) is 0 Å². The zero-order chi connectivity index (χ0) is 25.4. The van der Waals surface area contributed by atoms with E-state index in [4.69, 9.17) is 14.5 Å². The van der Waals surface area contributed by atoms with E-state index in [-0.39, 0.29) is 25.0 Å². The number of aryl methyl sites for hydroxylation is 1. The topological polar surface area (TPSA) is 92.6 Å². The van der Waals surface area contributed by atoms with E-state index in [2.05, 4.69) is 41.5 Å². The highest BCUT2D eigenvalue weighted by Gasteiger charge is 2.42. The quantitative estimate of drug-likeness (QED) is 0.529. The molecule has 0 saturated carbocycles. The summed E-state index contributed by atoms with van der Waals surface area (Å²) in [6, 6.07) is 20.8. The minimum Gasteiger partial charge on any atom is -0.454 e. The number of benzene rings is 3. The number of nitrogens with one attached hydrogen (secondary N) is 1. The van der Waals surface area contributed by atoms with Crippen molar-refractivity contribution in [1.29, 1.82) is 0 Å². The van der Waals surface area contributed by atoms with Gasteiger partial charge in [-0.2, -0.15) is 4.99 Å². The minimum atomic E-state index is -0.746. The van der Waals surface area contributed by atoms with Crippen LogP contribution >= 0.6 is 11.8 Å². The average Bonchev–Trinajstić information content (AvgIpc) is 3.51. The number of ether oxygens (including phenoxy) is 2. The molecule has 186 valence electrons. The Morgan fingerprint density at radius 3 is 2.68 bits per heavy atom. The molecule has 3 aliphatic rings. The molecule has 0 aliphatic carbocycles. The summed E-state index contributed by atoms with van der Waals surface area (Å²) in [7, 11) is 0. The Labute approximate surface area is 218 Å². The maximum Gasteiger partial charge on any atom is 0.271 e. The van der Waals surface area contributed by atoms with Crippen LogP contribution < -0.4 is 14.8 Å². The molecule has 1 unspecified atom stereocenters. The highest BCUT2D eigenvalue weighted by molar-refractivity contribution is 8.13. The Bertz CT molecular complexity index is 1450. The molecule has 6 rings (SSSR count). The second kappa shape index (κ2) is 9.74. The number of hydrogen-bond acceptors (Lipinski definition) is 7. The van der Waals surface area contributed by atoms with E-state index in [0.717, 1.165) is 22.4 Å². The van der Waals surface area contributed by atoms with E-state index >= 15 is 0 Å². The lowest BCUT2D eigenvalue weighted by Crippen LogP contribution is -2.45. The summed E-state index contributed by atoms with van der Waals surface area (Å²) in [5.74, 6) is 2.01. The van der Waals surface area contributed by atoms with Gasteiger partial charge in [-0.15, -0.1) is 0 Å². The van der Waals surface area contributed by atoms with Crippen LogP contribution in [0.2, 0.25) is 0 Å². The first-order valence-corrected chi connectivity index (χ1v) is 13.0. The molecule has 2 amide bonds. The zero-order valence-corrected chi connectivity index (χ0v) is 21.0. The van der Waals surface area contributed by atoms with Gasteiger partial charge in [-0.1, -0.05) is 59.8 Å². The van der Waals surface area contributed by atoms with Crippen LogP contribution in [-0.4, -0.2) is 40.6 Å². The van der Waals surface area contributed by atoms with E-state index in [1.165, 1.54) is 17.3 Å². The van der Waals surface area contributed by atoms with Gasteiger partial charge in [-0.25, -0.2) is 4.99 Å². The first-order valence-electron chi connectivity index (χ1n) is 12.0. The van der Waals surface area contributed by atoms with Gasteiger partial charge in [-0.05, 0) is 42.3 Å². The molecule has 0 fully saturated rings. The molecule has 1 atom stereocenters. The smallest absolute Gasteiger partial charge is 0.271 e. The highest BCUT2D eigenvalue weighted by atomic mass is 32.2. The largest absolute Gasteiger partial charge is 0.454 e. The molecule has 0 bridgehead atoms. The molecule has 0 spiro atoms. The Morgan fingerprint density at radius 2 is 1.81 bits per heavy atom. The zero-order valence-electron chi connectivity index (χ0n) is 20.1. The number of aliphatic imine (C=N–C) groups is 2. The van der Waals surface area contributed by atoms with Gasteiger partial charge >= 0.3 is 0 Å². The molecule has 9 heteroatoms. The van der Waals surface area contributed by atoms with Crippen molar-refractivity contribution in [2.24, 2.45) is 9.98 Å². The first kappa shape index (κ1) is 23.3. The van der Waals surface area contributed by atoms with Crippen LogP contribution in [0, 0.1) is 6.92 Å². The predicted octanol–water partition coefficient (Wildman–Crippen LogP) is 4.32. The maximum atomic E-state index is 13.0. The highest BCUT2D eigenvalue weighted by Crippen LogP contribution is 2.36. The number of thioether (sulfide) groups is 1. The number of hydrogen-bond donors (Lipinski definition) is 1. The number of para-hydroxylation sites is 1. The standard InChI is InChI=1S/C28H24N4O4S/c1-17-6-8-18(9-7-17)15-37-28-30-21-5-3-2-4-20(21)26-31-27(34)22(32(26)28)13-25(33)29-14-19-10-11-23-24(12-19)36-16-35-23/h2-12,22H,13-16H2,1H3,(H,29,33).